The molecule has 0 saturated carbocycles. The number of carbonyl (C=O) groups excluding carboxylic acids is 1. The predicted octanol–water partition coefficient (Wildman–Crippen LogP) is 3.05. The van der Waals surface area contributed by atoms with E-state index >= 15 is 0 Å². The van der Waals surface area contributed by atoms with Gasteiger partial charge in [0, 0.05) is 0 Å². The van der Waals surface area contributed by atoms with Gasteiger partial charge in [-0.25, -0.2) is 4.79 Å². The smallest absolute Gasteiger partial charge is 0.407 e. The number of rotatable bonds is 1. The number of nitrogens with zero attached hydrogens (tertiary/aromatic N) is 1. The van der Waals surface area contributed by atoms with E-state index in [1.54, 1.807) is 0 Å². The number of carbonyl (C=O) groups is 1. The second-order valence-electron chi connectivity index (χ2n) is 3.68. The molecule has 0 radical (unpaired) electrons. The van der Waals surface area contributed by atoms with E-state index in [1.807, 2.05) is 12.2 Å². The SMILES string of the molecule is O=C1C2CC=CCC2C(O)=[N+]1SC(Cl)(Cl)Cl. The van der Waals surface area contributed by atoms with Crippen LogP contribution in [-0.4, -0.2) is 24.0 Å². The van der Waals surface area contributed by atoms with E-state index in [9.17, 15) is 9.90 Å². The Kier molecular flexibility index (Phi) is 3.46. The number of aliphatic hydroxyl groups is 1. The van der Waals surface area contributed by atoms with Gasteiger partial charge in [-0.3, -0.25) is 0 Å². The lowest BCUT2D eigenvalue weighted by Crippen LogP contribution is -2.22. The van der Waals surface area contributed by atoms with Crippen LogP contribution < -0.4 is 0 Å². The first kappa shape index (κ1) is 12.6. The van der Waals surface area contributed by atoms with E-state index in [2.05, 4.69) is 0 Å². The van der Waals surface area contributed by atoms with E-state index in [0.29, 0.717) is 24.8 Å². The summed E-state index contributed by atoms with van der Waals surface area (Å²) in [5.41, 5.74) is 0. The van der Waals surface area contributed by atoms with Gasteiger partial charge in [-0.05, 0) is 12.8 Å². The molecule has 0 aromatic heterocycles. The Morgan fingerprint density at radius 1 is 1.31 bits per heavy atom. The number of fused-ring (bicyclic) bond motifs is 1. The van der Waals surface area contributed by atoms with Crippen molar-refractivity contribution in [3.05, 3.63) is 12.2 Å². The molecule has 2 aliphatic rings. The van der Waals surface area contributed by atoms with Crippen molar-refractivity contribution in [1.82, 2.24) is 0 Å². The van der Waals surface area contributed by atoms with E-state index in [4.69, 9.17) is 34.8 Å². The summed E-state index contributed by atoms with van der Waals surface area (Å²) in [4.78, 5) is 11.9. The van der Waals surface area contributed by atoms with Crippen LogP contribution in [0.5, 0.6) is 0 Å². The van der Waals surface area contributed by atoms with Crippen molar-refractivity contribution in [3.63, 3.8) is 0 Å². The maximum Gasteiger partial charge on any atom is 0.407 e. The highest BCUT2D eigenvalue weighted by Crippen LogP contribution is 2.43. The lowest BCUT2D eigenvalue weighted by Gasteiger charge is -2.12. The molecule has 1 amide bonds. The van der Waals surface area contributed by atoms with Gasteiger partial charge in [-0.1, -0.05) is 50.9 Å². The number of hydrogen-bond donors (Lipinski definition) is 1. The second-order valence-corrected chi connectivity index (χ2v) is 7.80. The highest BCUT2D eigenvalue weighted by Gasteiger charge is 2.53. The molecule has 88 valence electrons. The van der Waals surface area contributed by atoms with Crippen LogP contribution in [-0.2, 0) is 4.79 Å². The van der Waals surface area contributed by atoms with Crippen LogP contribution >= 0.6 is 46.8 Å². The lowest BCUT2D eigenvalue weighted by atomic mass is 9.85. The summed E-state index contributed by atoms with van der Waals surface area (Å²) in [5, 5.41) is 9.91. The molecular formula is C9H9Cl3NO2S+. The normalized spacial score (nSPS) is 29.8. The maximum atomic E-state index is 11.9. The maximum absolute atomic E-state index is 11.9. The van der Waals surface area contributed by atoms with Crippen molar-refractivity contribution in [1.29, 1.82) is 0 Å². The number of allylic oxidation sites excluding steroid dienone is 2. The standard InChI is InChI=1S/C9H8Cl3NO2S/c10-9(11,12)16-13-7(14)5-3-1-2-4-6(5)8(13)15/h1-2,5-6H,3-4H2/p+1. The van der Waals surface area contributed by atoms with Crippen molar-refractivity contribution in [2.24, 2.45) is 11.8 Å². The minimum atomic E-state index is -1.65. The Hall–Kier alpha value is 0.1000. The molecule has 0 aromatic rings. The van der Waals surface area contributed by atoms with Crippen molar-refractivity contribution in [3.8, 4) is 0 Å². The molecular weight excluding hydrogens is 293 g/mol. The molecule has 1 aliphatic heterocycles. The largest absolute Gasteiger partial charge is 0.462 e. The number of amides is 1. The summed E-state index contributed by atoms with van der Waals surface area (Å²) in [6.45, 7) is 0. The van der Waals surface area contributed by atoms with Gasteiger partial charge in [0.2, 0.25) is 11.9 Å². The molecule has 1 heterocycles. The first-order chi connectivity index (χ1) is 7.40. The summed E-state index contributed by atoms with van der Waals surface area (Å²) >= 11 is 17.5. The van der Waals surface area contributed by atoms with Crippen molar-refractivity contribution < 1.29 is 13.9 Å². The molecule has 2 unspecified atom stereocenters. The van der Waals surface area contributed by atoms with E-state index in [1.165, 1.54) is 0 Å². The Balaban J connectivity index is 2.26. The summed E-state index contributed by atoms with van der Waals surface area (Å²) in [6.07, 6.45) is 5.17. The molecule has 3 nitrogen and oxygen atoms in total. The molecule has 0 saturated heterocycles. The molecule has 0 spiro atoms. The summed E-state index contributed by atoms with van der Waals surface area (Å²) < 4.78 is -0.542. The molecule has 16 heavy (non-hydrogen) atoms. The number of aliphatic hydroxyl groups excluding tert-OH is 1. The highest BCUT2D eigenvalue weighted by molar-refractivity contribution is 7.99. The first-order valence-corrected chi connectivity index (χ1v) is 6.61. The minimum absolute atomic E-state index is 0.00400. The Morgan fingerprint density at radius 3 is 2.38 bits per heavy atom. The quantitative estimate of drug-likeness (QED) is 0.350. The number of halogens is 3. The molecule has 0 aromatic carbocycles. The third kappa shape index (κ3) is 2.35. The molecule has 2 rings (SSSR count). The van der Waals surface area contributed by atoms with Gasteiger partial charge in [0.1, 0.15) is 11.8 Å². The second kappa shape index (κ2) is 4.41. The Bertz CT molecular complexity index is 389. The molecule has 0 fully saturated rings. The van der Waals surface area contributed by atoms with Crippen molar-refractivity contribution >= 4 is 58.6 Å². The van der Waals surface area contributed by atoms with Gasteiger partial charge in [0.15, 0.2) is 0 Å². The zero-order chi connectivity index (χ0) is 11.9. The highest BCUT2D eigenvalue weighted by atomic mass is 35.6. The fourth-order valence-corrected chi connectivity index (χ4v) is 3.26. The molecule has 1 N–H and O–H groups in total. The lowest BCUT2D eigenvalue weighted by molar-refractivity contribution is -0.298. The first-order valence-electron chi connectivity index (χ1n) is 4.71. The van der Waals surface area contributed by atoms with Gasteiger partial charge < -0.3 is 5.11 Å². The average Bonchev–Trinajstić information content (AvgIpc) is 2.43. The van der Waals surface area contributed by atoms with Crippen LogP contribution in [0.3, 0.4) is 0 Å². The fourth-order valence-electron chi connectivity index (χ4n) is 1.98. The summed E-state index contributed by atoms with van der Waals surface area (Å²) in [5.74, 6) is -0.582. The molecule has 1 aliphatic carbocycles. The fraction of sp³-hybridized carbons (Fsp3) is 0.556. The van der Waals surface area contributed by atoms with E-state index in [-0.39, 0.29) is 23.6 Å². The molecule has 7 heteroatoms. The third-order valence-corrected chi connectivity index (χ3v) is 4.06. The Labute approximate surface area is 112 Å². The van der Waals surface area contributed by atoms with E-state index in [0.717, 1.165) is 3.98 Å². The van der Waals surface area contributed by atoms with Crippen molar-refractivity contribution in [2.75, 3.05) is 0 Å². The Morgan fingerprint density at radius 2 is 1.88 bits per heavy atom. The monoisotopic (exact) mass is 300 g/mol. The predicted molar refractivity (Wildman–Crippen MR) is 66.1 cm³/mol. The van der Waals surface area contributed by atoms with Crippen LogP contribution in [0, 0.1) is 11.8 Å². The summed E-state index contributed by atoms with van der Waals surface area (Å²) in [7, 11) is 0. The van der Waals surface area contributed by atoms with Crippen LogP contribution in [0.1, 0.15) is 12.8 Å². The number of alkyl halides is 3. The molecule has 2 atom stereocenters. The average molecular weight is 302 g/mol. The minimum Gasteiger partial charge on any atom is -0.462 e. The third-order valence-electron chi connectivity index (χ3n) is 2.68. The van der Waals surface area contributed by atoms with Gasteiger partial charge in [0.05, 0.1) is 0 Å². The van der Waals surface area contributed by atoms with Gasteiger partial charge in [-0.2, -0.15) is 0 Å². The van der Waals surface area contributed by atoms with Gasteiger partial charge in [-0.15, -0.1) is 0 Å². The number of hydrogen-bond acceptors (Lipinski definition) is 2. The van der Waals surface area contributed by atoms with Crippen LogP contribution in [0.4, 0.5) is 0 Å². The zero-order valence-electron chi connectivity index (χ0n) is 8.07. The van der Waals surface area contributed by atoms with Crippen molar-refractivity contribution in [2.45, 2.75) is 16.0 Å². The van der Waals surface area contributed by atoms with Crippen LogP contribution in [0.25, 0.3) is 0 Å². The van der Waals surface area contributed by atoms with E-state index < -0.39 is 3.12 Å². The van der Waals surface area contributed by atoms with Crippen LogP contribution in [0.2, 0.25) is 0 Å². The van der Waals surface area contributed by atoms with Gasteiger partial charge in [0.25, 0.3) is 0 Å². The zero-order valence-corrected chi connectivity index (χ0v) is 11.2. The molecule has 0 bridgehead atoms. The topological polar surface area (TPSA) is 40.3 Å². The van der Waals surface area contributed by atoms with Crippen LogP contribution in [0.15, 0.2) is 12.2 Å². The van der Waals surface area contributed by atoms with Gasteiger partial charge >= 0.3 is 14.9 Å². The summed E-state index contributed by atoms with van der Waals surface area (Å²) in [6, 6.07) is 0.